The summed E-state index contributed by atoms with van der Waals surface area (Å²) in [6, 6.07) is 8.76. The number of nitrogens with one attached hydrogen (secondary N) is 1. The highest BCUT2D eigenvalue weighted by atomic mass is 19.1. The Morgan fingerprint density at radius 1 is 1.26 bits per heavy atom. The van der Waals surface area contributed by atoms with Gasteiger partial charge in [-0.3, -0.25) is 14.7 Å². The molecule has 1 N–H and O–H groups in total. The summed E-state index contributed by atoms with van der Waals surface area (Å²) in [7, 11) is 0. The van der Waals surface area contributed by atoms with E-state index in [0.717, 1.165) is 17.8 Å². The summed E-state index contributed by atoms with van der Waals surface area (Å²) in [5.74, 6) is -1.83. The molecule has 0 saturated carbocycles. The number of anilines is 1. The molecular formula is C17H19F2N3O. The summed E-state index contributed by atoms with van der Waals surface area (Å²) in [5, 5.41) is 2.47. The quantitative estimate of drug-likeness (QED) is 0.889. The number of aromatic nitrogens is 1. The second kappa shape index (κ2) is 7.78. The van der Waals surface area contributed by atoms with E-state index in [-0.39, 0.29) is 24.2 Å². The van der Waals surface area contributed by atoms with Crippen LogP contribution in [0.15, 0.2) is 42.6 Å². The first-order chi connectivity index (χ1) is 11.0. The molecule has 1 amide bonds. The first kappa shape index (κ1) is 17.0. The van der Waals surface area contributed by atoms with Crippen molar-refractivity contribution in [3.8, 4) is 0 Å². The summed E-state index contributed by atoms with van der Waals surface area (Å²) in [6.45, 7) is 4.53. The van der Waals surface area contributed by atoms with Gasteiger partial charge in [0.05, 0.1) is 17.9 Å². The normalized spacial score (nSPS) is 11.0. The Morgan fingerprint density at radius 3 is 2.65 bits per heavy atom. The molecular weight excluding hydrogens is 300 g/mol. The van der Waals surface area contributed by atoms with Crippen molar-refractivity contribution in [1.29, 1.82) is 0 Å². The minimum absolute atomic E-state index is 0.0297. The Balaban J connectivity index is 2.00. The summed E-state index contributed by atoms with van der Waals surface area (Å²) in [4.78, 5) is 18.3. The maximum atomic E-state index is 13.6. The van der Waals surface area contributed by atoms with E-state index in [1.54, 1.807) is 6.20 Å². The highest BCUT2D eigenvalue weighted by Gasteiger charge is 2.16. The van der Waals surface area contributed by atoms with Gasteiger partial charge < -0.3 is 5.32 Å². The Labute approximate surface area is 134 Å². The number of nitrogens with zero attached hydrogens (tertiary/aromatic N) is 2. The zero-order valence-corrected chi connectivity index (χ0v) is 13.1. The van der Waals surface area contributed by atoms with Gasteiger partial charge in [0.1, 0.15) is 11.6 Å². The van der Waals surface area contributed by atoms with Crippen LogP contribution in [-0.2, 0) is 11.3 Å². The molecule has 0 fully saturated rings. The van der Waals surface area contributed by atoms with Gasteiger partial charge in [0.2, 0.25) is 5.91 Å². The minimum atomic E-state index is -0.792. The third kappa shape index (κ3) is 5.10. The molecule has 0 atom stereocenters. The van der Waals surface area contributed by atoms with Gasteiger partial charge in [0, 0.05) is 24.8 Å². The number of rotatable bonds is 6. The minimum Gasteiger partial charge on any atom is -0.322 e. The Bertz CT molecular complexity index is 662. The number of hydrogen-bond acceptors (Lipinski definition) is 3. The van der Waals surface area contributed by atoms with Gasteiger partial charge in [-0.05, 0) is 38.1 Å². The van der Waals surface area contributed by atoms with Gasteiger partial charge in [0.25, 0.3) is 0 Å². The van der Waals surface area contributed by atoms with Crippen LogP contribution in [-0.4, -0.2) is 28.4 Å². The average Bonchev–Trinajstić information content (AvgIpc) is 2.50. The summed E-state index contributed by atoms with van der Waals surface area (Å²) >= 11 is 0. The molecule has 1 aromatic carbocycles. The van der Waals surface area contributed by atoms with Crippen LogP contribution in [0.5, 0.6) is 0 Å². The van der Waals surface area contributed by atoms with Crippen molar-refractivity contribution >= 4 is 11.6 Å². The molecule has 0 spiro atoms. The van der Waals surface area contributed by atoms with Crippen LogP contribution in [0.4, 0.5) is 14.5 Å². The lowest BCUT2D eigenvalue weighted by molar-refractivity contribution is -0.117. The number of benzene rings is 1. The Hall–Kier alpha value is -2.34. The van der Waals surface area contributed by atoms with Crippen LogP contribution in [0.25, 0.3) is 0 Å². The predicted octanol–water partition coefficient (Wildman–Crippen LogP) is 3.21. The van der Waals surface area contributed by atoms with Crippen LogP contribution >= 0.6 is 0 Å². The topological polar surface area (TPSA) is 45.2 Å². The fourth-order valence-corrected chi connectivity index (χ4v) is 2.09. The maximum Gasteiger partial charge on any atom is 0.238 e. The number of carbonyl (C=O) groups excluding carboxylic acids is 1. The molecule has 0 saturated heterocycles. The molecule has 122 valence electrons. The molecule has 0 unspecified atom stereocenters. The lowest BCUT2D eigenvalue weighted by Crippen LogP contribution is -2.37. The Morgan fingerprint density at radius 2 is 2.04 bits per heavy atom. The van der Waals surface area contributed by atoms with Gasteiger partial charge in [-0.1, -0.05) is 6.07 Å². The average molecular weight is 319 g/mol. The largest absolute Gasteiger partial charge is 0.322 e. The van der Waals surface area contributed by atoms with Crippen molar-refractivity contribution in [2.75, 3.05) is 11.9 Å². The molecule has 2 rings (SSSR count). The predicted molar refractivity (Wildman–Crippen MR) is 84.8 cm³/mol. The first-order valence-electron chi connectivity index (χ1n) is 7.34. The summed E-state index contributed by atoms with van der Waals surface area (Å²) in [5.41, 5.74) is 0.819. The van der Waals surface area contributed by atoms with E-state index in [0.29, 0.717) is 6.54 Å². The van der Waals surface area contributed by atoms with Gasteiger partial charge in [0.15, 0.2) is 0 Å². The molecule has 23 heavy (non-hydrogen) atoms. The molecule has 0 aliphatic rings. The van der Waals surface area contributed by atoms with E-state index in [2.05, 4.69) is 10.3 Å². The second-order valence-electron chi connectivity index (χ2n) is 5.49. The third-order valence-electron chi connectivity index (χ3n) is 3.37. The number of halogens is 2. The molecule has 0 aliphatic carbocycles. The third-order valence-corrected chi connectivity index (χ3v) is 3.37. The van der Waals surface area contributed by atoms with Crippen LogP contribution in [0.3, 0.4) is 0 Å². The van der Waals surface area contributed by atoms with Crippen LogP contribution in [0.1, 0.15) is 19.5 Å². The molecule has 6 heteroatoms. The summed E-state index contributed by atoms with van der Waals surface area (Å²) < 4.78 is 26.5. The maximum absolute atomic E-state index is 13.6. The van der Waals surface area contributed by atoms with Crippen molar-refractivity contribution in [1.82, 2.24) is 9.88 Å². The van der Waals surface area contributed by atoms with Crippen LogP contribution < -0.4 is 5.32 Å². The monoisotopic (exact) mass is 319 g/mol. The molecule has 0 radical (unpaired) electrons. The van der Waals surface area contributed by atoms with E-state index in [1.807, 2.05) is 36.9 Å². The fraction of sp³-hybridized carbons (Fsp3) is 0.294. The molecule has 0 bridgehead atoms. The van der Waals surface area contributed by atoms with Crippen molar-refractivity contribution < 1.29 is 13.6 Å². The Kier molecular flexibility index (Phi) is 5.76. The molecule has 1 heterocycles. The first-order valence-corrected chi connectivity index (χ1v) is 7.34. The molecule has 4 nitrogen and oxygen atoms in total. The number of pyridine rings is 1. The number of carbonyl (C=O) groups is 1. The molecule has 1 aromatic heterocycles. The van der Waals surface area contributed by atoms with Crippen LogP contribution in [0, 0.1) is 11.6 Å². The van der Waals surface area contributed by atoms with Crippen molar-refractivity contribution in [2.24, 2.45) is 0 Å². The number of amides is 1. The zero-order chi connectivity index (χ0) is 16.8. The SMILES string of the molecule is CC(C)N(CC(=O)Nc1ccc(F)cc1F)Cc1ccccn1. The molecule has 2 aromatic rings. The molecule has 0 aliphatic heterocycles. The van der Waals surface area contributed by atoms with Gasteiger partial charge >= 0.3 is 0 Å². The van der Waals surface area contributed by atoms with E-state index in [9.17, 15) is 13.6 Å². The van der Waals surface area contributed by atoms with E-state index in [1.165, 1.54) is 6.07 Å². The fourth-order valence-electron chi connectivity index (χ4n) is 2.09. The van der Waals surface area contributed by atoms with Crippen LogP contribution in [0.2, 0.25) is 0 Å². The summed E-state index contributed by atoms with van der Waals surface area (Å²) in [6.07, 6.45) is 1.70. The lowest BCUT2D eigenvalue weighted by atomic mass is 10.2. The smallest absolute Gasteiger partial charge is 0.238 e. The van der Waals surface area contributed by atoms with Gasteiger partial charge in [-0.25, -0.2) is 8.78 Å². The van der Waals surface area contributed by atoms with Gasteiger partial charge in [-0.15, -0.1) is 0 Å². The van der Waals surface area contributed by atoms with E-state index in [4.69, 9.17) is 0 Å². The van der Waals surface area contributed by atoms with E-state index < -0.39 is 11.6 Å². The standard InChI is InChI=1S/C17H19F2N3O/c1-12(2)22(10-14-5-3-4-8-20-14)11-17(23)21-16-7-6-13(18)9-15(16)19/h3-9,12H,10-11H2,1-2H3,(H,21,23). The number of hydrogen-bond donors (Lipinski definition) is 1. The highest BCUT2D eigenvalue weighted by Crippen LogP contribution is 2.15. The van der Waals surface area contributed by atoms with E-state index >= 15 is 0 Å². The van der Waals surface area contributed by atoms with Gasteiger partial charge in [-0.2, -0.15) is 0 Å². The van der Waals surface area contributed by atoms with Crippen molar-refractivity contribution in [3.05, 3.63) is 59.9 Å². The van der Waals surface area contributed by atoms with Crippen molar-refractivity contribution in [3.63, 3.8) is 0 Å². The lowest BCUT2D eigenvalue weighted by Gasteiger charge is -2.25. The second-order valence-corrected chi connectivity index (χ2v) is 5.49. The zero-order valence-electron chi connectivity index (χ0n) is 13.1. The van der Waals surface area contributed by atoms with Crippen molar-refractivity contribution in [2.45, 2.75) is 26.4 Å². The highest BCUT2D eigenvalue weighted by molar-refractivity contribution is 5.92.